The summed E-state index contributed by atoms with van der Waals surface area (Å²) in [5.74, 6) is 2.11. The lowest BCUT2D eigenvalue weighted by Crippen LogP contribution is -2.42. The van der Waals surface area contributed by atoms with Crippen LogP contribution in [0.15, 0.2) is 30.3 Å². The second kappa shape index (κ2) is 4.98. The summed E-state index contributed by atoms with van der Waals surface area (Å²) in [7, 11) is 0. The average molecular weight is 246 g/mol. The highest BCUT2D eigenvalue weighted by atomic mass is 16.6. The third kappa shape index (κ3) is 2.48. The van der Waals surface area contributed by atoms with E-state index in [4.69, 9.17) is 4.74 Å². The molecule has 1 N–H and O–H groups in total. The zero-order chi connectivity index (χ0) is 12.4. The van der Waals surface area contributed by atoms with Crippen LogP contribution in [0.5, 0.6) is 5.75 Å². The molecule has 1 saturated heterocycles. The smallest absolute Gasteiger partial charge is 0.409 e. The first-order chi connectivity index (χ1) is 8.81. The lowest BCUT2D eigenvalue weighted by Gasteiger charge is -2.17. The molecule has 4 heteroatoms. The molecule has 0 bridgehead atoms. The molecule has 2 fully saturated rings. The number of ether oxygens (including phenoxy) is 1. The van der Waals surface area contributed by atoms with Gasteiger partial charge in [0.15, 0.2) is 0 Å². The van der Waals surface area contributed by atoms with Gasteiger partial charge in [-0.05, 0) is 36.8 Å². The van der Waals surface area contributed by atoms with Crippen molar-refractivity contribution in [2.45, 2.75) is 19.3 Å². The monoisotopic (exact) mass is 246 g/mol. The number of rotatable bonds is 2. The number of amides is 1. The van der Waals surface area contributed by atoms with Crippen LogP contribution < -0.4 is 10.2 Å². The fourth-order valence-electron chi connectivity index (χ4n) is 3.07. The maximum Gasteiger partial charge on any atom is 0.427 e. The fourth-order valence-corrected chi connectivity index (χ4v) is 3.07. The Labute approximate surface area is 107 Å². The molecule has 2 aliphatic rings. The number of benzene rings is 1. The molecule has 1 amide bonds. The molecule has 1 saturated carbocycles. The normalized spacial score (nSPS) is 26.9. The number of hydrazine groups is 1. The highest BCUT2D eigenvalue weighted by Gasteiger charge is 2.36. The largest absolute Gasteiger partial charge is 0.427 e. The van der Waals surface area contributed by atoms with Gasteiger partial charge in [0.25, 0.3) is 0 Å². The Morgan fingerprint density at radius 1 is 1.17 bits per heavy atom. The second-order valence-electron chi connectivity index (χ2n) is 5.17. The van der Waals surface area contributed by atoms with Gasteiger partial charge < -0.3 is 4.74 Å². The standard InChI is InChI=1S/C14H18N2O2/c17-14(18-13-7-2-1-3-8-13)15-16-9-11-5-4-6-12(11)10-16/h1-3,7-8,11-12H,4-6,9-10H2,(H,15,17). The first-order valence-electron chi connectivity index (χ1n) is 6.60. The summed E-state index contributed by atoms with van der Waals surface area (Å²) in [5, 5.41) is 2.00. The van der Waals surface area contributed by atoms with Gasteiger partial charge >= 0.3 is 6.09 Å². The molecule has 2 atom stereocenters. The molecule has 0 spiro atoms. The first kappa shape index (κ1) is 11.5. The van der Waals surface area contributed by atoms with Gasteiger partial charge in [0.05, 0.1) is 0 Å². The van der Waals surface area contributed by atoms with Gasteiger partial charge in [0.1, 0.15) is 5.75 Å². The van der Waals surface area contributed by atoms with Crippen molar-refractivity contribution in [3.8, 4) is 5.75 Å². The van der Waals surface area contributed by atoms with Crippen molar-refractivity contribution < 1.29 is 9.53 Å². The summed E-state index contributed by atoms with van der Waals surface area (Å²) in [6.45, 7) is 1.93. The number of fused-ring (bicyclic) bond motifs is 1. The van der Waals surface area contributed by atoms with E-state index in [9.17, 15) is 4.79 Å². The average Bonchev–Trinajstić information content (AvgIpc) is 2.90. The van der Waals surface area contributed by atoms with Crippen molar-refractivity contribution in [1.29, 1.82) is 0 Å². The highest BCUT2D eigenvalue weighted by molar-refractivity contribution is 5.69. The SMILES string of the molecule is O=C(NN1CC2CCCC2C1)Oc1ccccc1. The van der Waals surface area contributed by atoms with E-state index in [1.54, 1.807) is 12.1 Å². The van der Waals surface area contributed by atoms with Crippen LogP contribution in [0.4, 0.5) is 4.79 Å². The Morgan fingerprint density at radius 3 is 2.50 bits per heavy atom. The Kier molecular flexibility index (Phi) is 3.19. The van der Waals surface area contributed by atoms with E-state index in [1.807, 2.05) is 23.2 Å². The fraction of sp³-hybridized carbons (Fsp3) is 0.500. The number of nitrogens with one attached hydrogen (secondary N) is 1. The van der Waals surface area contributed by atoms with Crippen LogP contribution in [0, 0.1) is 11.8 Å². The molecule has 1 aliphatic carbocycles. The van der Waals surface area contributed by atoms with Gasteiger partial charge in [-0.2, -0.15) is 0 Å². The van der Waals surface area contributed by atoms with E-state index < -0.39 is 0 Å². The number of hydrogen-bond donors (Lipinski definition) is 1. The van der Waals surface area contributed by atoms with Crippen molar-refractivity contribution in [2.24, 2.45) is 11.8 Å². The Hall–Kier alpha value is -1.55. The van der Waals surface area contributed by atoms with Crippen molar-refractivity contribution in [3.63, 3.8) is 0 Å². The van der Waals surface area contributed by atoms with Crippen molar-refractivity contribution in [2.75, 3.05) is 13.1 Å². The first-order valence-corrected chi connectivity index (χ1v) is 6.60. The van der Waals surface area contributed by atoms with E-state index in [1.165, 1.54) is 19.3 Å². The van der Waals surface area contributed by atoms with E-state index in [-0.39, 0.29) is 6.09 Å². The van der Waals surface area contributed by atoms with Crippen LogP contribution in [-0.2, 0) is 0 Å². The summed E-state index contributed by atoms with van der Waals surface area (Å²) >= 11 is 0. The van der Waals surface area contributed by atoms with E-state index in [0.29, 0.717) is 5.75 Å². The molecule has 0 aromatic heterocycles. The lowest BCUT2D eigenvalue weighted by molar-refractivity contribution is 0.154. The molecule has 96 valence electrons. The van der Waals surface area contributed by atoms with Crippen LogP contribution in [0.1, 0.15) is 19.3 Å². The minimum Gasteiger partial charge on any atom is -0.409 e. The van der Waals surface area contributed by atoms with Gasteiger partial charge in [-0.25, -0.2) is 9.80 Å². The summed E-state index contributed by atoms with van der Waals surface area (Å²) in [4.78, 5) is 11.7. The molecular formula is C14H18N2O2. The van der Waals surface area contributed by atoms with Gasteiger partial charge in [-0.1, -0.05) is 24.6 Å². The predicted octanol–water partition coefficient (Wildman–Crippen LogP) is 2.42. The molecule has 0 radical (unpaired) electrons. The van der Waals surface area contributed by atoms with Gasteiger partial charge in [-0.15, -0.1) is 0 Å². The van der Waals surface area contributed by atoms with Crippen molar-refractivity contribution >= 4 is 6.09 Å². The molecule has 1 aromatic carbocycles. The second-order valence-corrected chi connectivity index (χ2v) is 5.17. The Balaban J connectivity index is 1.50. The van der Waals surface area contributed by atoms with Gasteiger partial charge in [-0.3, -0.25) is 5.43 Å². The van der Waals surface area contributed by atoms with Gasteiger partial charge in [0, 0.05) is 13.1 Å². The van der Waals surface area contributed by atoms with Crippen LogP contribution in [-0.4, -0.2) is 24.2 Å². The van der Waals surface area contributed by atoms with E-state index >= 15 is 0 Å². The zero-order valence-electron chi connectivity index (χ0n) is 10.3. The van der Waals surface area contributed by atoms with Crippen LogP contribution >= 0.6 is 0 Å². The third-order valence-electron chi connectivity index (χ3n) is 3.93. The lowest BCUT2D eigenvalue weighted by atomic mass is 10.0. The number of nitrogens with zero attached hydrogens (tertiary/aromatic N) is 1. The molecule has 1 aliphatic heterocycles. The number of para-hydroxylation sites is 1. The van der Waals surface area contributed by atoms with Crippen molar-refractivity contribution in [3.05, 3.63) is 30.3 Å². The molecule has 4 nitrogen and oxygen atoms in total. The predicted molar refractivity (Wildman–Crippen MR) is 68.0 cm³/mol. The summed E-state index contributed by atoms with van der Waals surface area (Å²) in [5.41, 5.74) is 2.83. The number of carbonyl (C=O) groups excluding carboxylic acids is 1. The molecular weight excluding hydrogens is 228 g/mol. The summed E-state index contributed by atoms with van der Waals surface area (Å²) < 4.78 is 5.21. The third-order valence-corrected chi connectivity index (χ3v) is 3.93. The highest BCUT2D eigenvalue weighted by Crippen LogP contribution is 2.36. The minimum atomic E-state index is -0.388. The summed E-state index contributed by atoms with van der Waals surface area (Å²) in [6, 6.07) is 9.15. The molecule has 1 aromatic rings. The van der Waals surface area contributed by atoms with Crippen LogP contribution in [0.2, 0.25) is 0 Å². The summed E-state index contributed by atoms with van der Waals surface area (Å²) in [6.07, 6.45) is 3.56. The van der Waals surface area contributed by atoms with Crippen molar-refractivity contribution in [1.82, 2.24) is 10.4 Å². The molecule has 3 rings (SSSR count). The van der Waals surface area contributed by atoms with Crippen LogP contribution in [0.3, 0.4) is 0 Å². The molecule has 2 unspecified atom stereocenters. The van der Waals surface area contributed by atoms with Crippen LogP contribution in [0.25, 0.3) is 0 Å². The number of carbonyl (C=O) groups is 1. The number of hydrogen-bond acceptors (Lipinski definition) is 3. The molecule has 1 heterocycles. The van der Waals surface area contributed by atoms with E-state index in [0.717, 1.165) is 24.9 Å². The van der Waals surface area contributed by atoms with E-state index in [2.05, 4.69) is 5.43 Å². The Morgan fingerprint density at radius 2 is 1.83 bits per heavy atom. The molecule has 18 heavy (non-hydrogen) atoms. The Bertz CT molecular complexity index is 409. The maximum absolute atomic E-state index is 11.7. The topological polar surface area (TPSA) is 41.6 Å². The maximum atomic E-state index is 11.7. The van der Waals surface area contributed by atoms with Gasteiger partial charge in [0.2, 0.25) is 0 Å². The zero-order valence-corrected chi connectivity index (χ0v) is 10.3. The minimum absolute atomic E-state index is 0.388. The quantitative estimate of drug-likeness (QED) is 0.871.